The molecule has 0 heterocycles. The Balaban J connectivity index is 2.05. The van der Waals surface area contributed by atoms with Crippen molar-refractivity contribution >= 4 is 29.0 Å². The second-order valence-electron chi connectivity index (χ2n) is 5.48. The van der Waals surface area contributed by atoms with Crippen molar-refractivity contribution in [1.29, 1.82) is 0 Å². The van der Waals surface area contributed by atoms with Crippen LogP contribution in [0.15, 0.2) is 48.5 Å². The molecule has 24 heavy (non-hydrogen) atoms. The van der Waals surface area contributed by atoms with Gasteiger partial charge in [0.15, 0.2) is 5.11 Å². The summed E-state index contributed by atoms with van der Waals surface area (Å²) in [5.74, 6) is -0.336. The predicted molar refractivity (Wildman–Crippen MR) is 101 cm³/mol. The molecular weight excluding hydrogens is 320 g/mol. The van der Waals surface area contributed by atoms with Gasteiger partial charge >= 0.3 is 5.97 Å². The summed E-state index contributed by atoms with van der Waals surface area (Å²) in [6.45, 7) is 6.14. The van der Waals surface area contributed by atoms with E-state index in [2.05, 4.69) is 10.6 Å². The lowest BCUT2D eigenvalue weighted by molar-refractivity contribution is 0.0526. The molecule has 4 nitrogen and oxygen atoms in total. The monoisotopic (exact) mass is 342 g/mol. The fourth-order valence-corrected chi connectivity index (χ4v) is 2.56. The zero-order valence-electron chi connectivity index (χ0n) is 14.1. The van der Waals surface area contributed by atoms with Crippen molar-refractivity contribution in [3.8, 4) is 0 Å². The van der Waals surface area contributed by atoms with Crippen LogP contribution in [0, 0.1) is 6.92 Å². The molecule has 0 unspecified atom stereocenters. The highest BCUT2D eigenvalue weighted by Crippen LogP contribution is 2.18. The molecule has 0 amide bonds. The summed E-state index contributed by atoms with van der Waals surface area (Å²) in [5.41, 5.74) is 3.44. The van der Waals surface area contributed by atoms with Crippen molar-refractivity contribution in [2.75, 3.05) is 11.9 Å². The lowest BCUT2D eigenvalue weighted by Crippen LogP contribution is -2.31. The zero-order chi connectivity index (χ0) is 17.5. The first-order chi connectivity index (χ1) is 11.5. The normalized spacial score (nSPS) is 11.5. The van der Waals surface area contributed by atoms with Gasteiger partial charge in [0.05, 0.1) is 18.2 Å². The van der Waals surface area contributed by atoms with Gasteiger partial charge in [-0.05, 0) is 56.2 Å². The molecule has 2 aromatic rings. The highest BCUT2D eigenvalue weighted by molar-refractivity contribution is 7.80. The molecule has 1 atom stereocenters. The third-order valence-electron chi connectivity index (χ3n) is 3.64. The summed E-state index contributed by atoms with van der Waals surface area (Å²) in [4.78, 5) is 11.9. The standard InChI is InChI=1S/C19H22N2O2S/c1-4-23-18(22)16-11-10-13(2)17(12-16)21-19(24)20-14(3)15-8-6-5-7-9-15/h5-12,14H,4H2,1-3H3,(H2,20,21,24)/t14-/m0/s1. The number of hydrogen-bond donors (Lipinski definition) is 2. The van der Waals surface area contributed by atoms with Gasteiger partial charge in [-0.25, -0.2) is 4.79 Å². The average Bonchev–Trinajstić information content (AvgIpc) is 2.57. The third kappa shape index (κ3) is 4.80. The summed E-state index contributed by atoms with van der Waals surface area (Å²) in [5, 5.41) is 6.92. The number of anilines is 1. The number of aryl methyl sites for hydroxylation is 1. The molecule has 0 radical (unpaired) electrons. The van der Waals surface area contributed by atoms with E-state index in [0.29, 0.717) is 17.3 Å². The largest absolute Gasteiger partial charge is 0.462 e. The van der Waals surface area contributed by atoms with Crippen LogP contribution in [0.1, 0.15) is 41.4 Å². The lowest BCUT2D eigenvalue weighted by Gasteiger charge is -2.18. The molecule has 2 N–H and O–H groups in total. The van der Waals surface area contributed by atoms with Crippen LogP contribution in [-0.2, 0) is 4.74 Å². The van der Waals surface area contributed by atoms with E-state index in [0.717, 1.165) is 16.8 Å². The van der Waals surface area contributed by atoms with Gasteiger partial charge in [0, 0.05) is 5.69 Å². The van der Waals surface area contributed by atoms with Gasteiger partial charge in [0.2, 0.25) is 0 Å². The smallest absolute Gasteiger partial charge is 0.338 e. The van der Waals surface area contributed by atoms with Crippen LogP contribution in [0.5, 0.6) is 0 Å². The minimum Gasteiger partial charge on any atom is -0.462 e. The maximum Gasteiger partial charge on any atom is 0.338 e. The van der Waals surface area contributed by atoms with E-state index in [1.807, 2.05) is 50.2 Å². The van der Waals surface area contributed by atoms with Crippen LogP contribution < -0.4 is 10.6 Å². The van der Waals surface area contributed by atoms with Gasteiger partial charge in [-0.3, -0.25) is 0 Å². The van der Waals surface area contributed by atoms with Crippen LogP contribution in [0.3, 0.4) is 0 Å². The highest BCUT2D eigenvalue weighted by atomic mass is 32.1. The fraction of sp³-hybridized carbons (Fsp3) is 0.263. The van der Waals surface area contributed by atoms with Gasteiger partial charge < -0.3 is 15.4 Å². The van der Waals surface area contributed by atoms with Crippen LogP contribution >= 0.6 is 12.2 Å². The number of benzene rings is 2. The summed E-state index contributed by atoms with van der Waals surface area (Å²) in [6, 6.07) is 15.5. The molecule has 2 rings (SSSR count). The Morgan fingerprint density at radius 3 is 2.58 bits per heavy atom. The highest BCUT2D eigenvalue weighted by Gasteiger charge is 2.11. The maximum atomic E-state index is 11.9. The maximum absolute atomic E-state index is 11.9. The quantitative estimate of drug-likeness (QED) is 0.629. The Bertz CT molecular complexity index is 717. The summed E-state index contributed by atoms with van der Waals surface area (Å²) in [7, 11) is 0. The molecular formula is C19H22N2O2S. The number of hydrogen-bond acceptors (Lipinski definition) is 3. The van der Waals surface area contributed by atoms with Gasteiger partial charge in [-0.1, -0.05) is 36.4 Å². The molecule has 0 spiro atoms. The number of thiocarbonyl (C=S) groups is 1. The van der Waals surface area contributed by atoms with E-state index < -0.39 is 0 Å². The molecule has 5 heteroatoms. The minimum absolute atomic E-state index is 0.0831. The van der Waals surface area contributed by atoms with E-state index in [9.17, 15) is 4.79 Å². The first-order valence-corrected chi connectivity index (χ1v) is 8.32. The molecule has 0 saturated carbocycles. The molecule has 0 aliphatic carbocycles. The van der Waals surface area contributed by atoms with Crippen LogP contribution in [-0.4, -0.2) is 17.7 Å². The predicted octanol–water partition coefficient (Wildman–Crippen LogP) is 4.22. The molecule has 0 fully saturated rings. The molecule has 0 aliphatic heterocycles. The van der Waals surface area contributed by atoms with Gasteiger partial charge in [0.25, 0.3) is 0 Å². The summed E-state index contributed by atoms with van der Waals surface area (Å²) < 4.78 is 5.03. The number of ether oxygens (including phenoxy) is 1. The van der Waals surface area contributed by atoms with E-state index in [4.69, 9.17) is 17.0 Å². The van der Waals surface area contributed by atoms with E-state index in [1.165, 1.54) is 0 Å². The molecule has 0 aromatic heterocycles. The number of esters is 1. The van der Waals surface area contributed by atoms with E-state index in [-0.39, 0.29) is 12.0 Å². The average molecular weight is 342 g/mol. The van der Waals surface area contributed by atoms with Crippen molar-refractivity contribution < 1.29 is 9.53 Å². The van der Waals surface area contributed by atoms with Gasteiger partial charge in [-0.2, -0.15) is 0 Å². The van der Waals surface area contributed by atoms with E-state index in [1.54, 1.807) is 19.1 Å². The zero-order valence-corrected chi connectivity index (χ0v) is 14.9. The second-order valence-corrected chi connectivity index (χ2v) is 5.89. The Hall–Kier alpha value is -2.40. The van der Waals surface area contributed by atoms with Crippen LogP contribution in [0.25, 0.3) is 0 Å². The van der Waals surface area contributed by atoms with Crippen molar-refractivity contribution in [2.24, 2.45) is 0 Å². The van der Waals surface area contributed by atoms with Gasteiger partial charge in [-0.15, -0.1) is 0 Å². The van der Waals surface area contributed by atoms with Crippen LogP contribution in [0.4, 0.5) is 5.69 Å². The lowest BCUT2D eigenvalue weighted by atomic mass is 10.1. The summed E-state index contributed by atoms with van der Waals surface area (Å²) in [6.07, 6.45) is 0. The van der Waals surface area contributed by atoms with Crippen molar-refractivity contribution in [3.05, 3.63) is 65.2 Å². The second kappa shape index (κ2) is 8.45. The van der Waals surface area contributed by atoms with Crippen molar-refractivity contribution in [1.82, 2.24) is 5.32 Å². The molecule has 0 aliphatic rings. The molecule has 0 saturated heterocycles. The Labute approximate surface area is 148 Å². The number of rotatable bonds is 5. The first-order valence-electron chi connectivity index (χ1n) is 7.91. The van der Waals surface area contributed by atoms with Crippen LogP contribution in [0.2, 0.25) is 0 Å². The number of nitrogens with one attached hydrogen (secondary N) is 2. The fourth-order valence-electron chi connectivity index (χ4n) is 2.28. The Morgan fingerprint density at radius 1 is 1.21 bits per heavy atom. The minimum atomic E-state index is -0.336. The first kappa shape index (κ1) is 17.9. The third-order valence-corrected chi connectivity index (χ3v) is 3.86. The van der Waals surface area contributed by atoms with Crippen molar-refractivity contribution in [3.63, 3.8) is 0 Å². The van der Waals surface area contributed by atoms with Gasteiger partial charge in [0.1, 0.15) is 0 Å². The summed E-state index contributed by atoms with van der Waals surface area (Å²) >= 11 is 5.39. The Morgan fingerprint density at radius 2 is 1.92 bits per heavy atom. The SMILES string of the molecule is CCOC(=O)c1ccc(C)c(NC(=S)N[C@@H](C)c2ccccc2)c1. The number of carbonyl (C=O) groups excluding carboxylic acids is 1. The molecule has 126 valence electrons. The number of carbonyl (C=O) groups is 1. The molecule has 0 bridgehead atoms. The topological polar surface area (TPSA) is 50.4 Å². The van der Waals surface area contributed by atoms with E-state index >= 15 is 0 Å². The molecule has 2 aromatic carbocycles. The Kier molecular flexibility index (Phi) is 6.32. The van der Waals surface area contributed by atoms with Crippen molar-refractivity contribution in [2.45, 2.75) is 26.8 Å².